The molecule has 0 aliphatic rings. The third kappa shape index (κ3) is 2.40. The van der Waals surface area contributed by atoms with E-state index in [1.54, 1.807) is 18.2 Å². The number of halogens is 1. The predicted octanol–water partition coefficient (Wildman–Crippen LogP) is 2.21. The maximum absolute atomic E-state index is 13.4. The van der Waals surface area contributed by atoms with Gasteiger partial charge in [0.25, 0.3) is 0 Å². The van der Waals surface area contributed by atoms with Gasteiger partial charge in [-0.1, -0.05) is 23.8 Å². The molecule has 0 aliphatic carbocycles. The zero-order valence-corrected chi connectivity index (χ0v) is 8.26. The van der Waals surface area contributed by atoms with Crippen molar-refractivity contribution in [2.75, 3.05) is 0 Å². The molecule has 1 atom stereocenters. The molecule has 1 aromatic carbocycles. The fraction of sp³-hybridized carbons (Fsp3) is 0.273. The number of rotatable bonds is 4. The molecule has 2 nitrogen and oxygen atoms in total. The minimum atomic E-state index is -0.236. The van der Waals surface area contributed by atoms with Crippen LogP contribution < -0.4 is 11.3 Å². The Morgan fingerprint density at radius 1 is 1.64 bits per heavy atom. The Balaban J connectivity index is 3.01. The normalized spacial score (nSPS) is 12.5. The summed E-state index contributed by atoms with van der Waals surface area (Å²) >= 11 is 0. The van der Waals surface area contributed by atoms with Crippen LogP contribution in [0.4, 0.5) is 4.39 Å². The highest BCUT2D eigenvalue weighted by molar-refractivity contribution is 5.27. The van der Waals surface area contributed by atoms with Crippen LogP contribution in [0.3, 0.4) is 0 Å². The molecule has 76 valence electrons. The number of nitrogens with one attached hydrogen (secondary N) is 1. The van der Waals surface area contributed by atoms with Crippen molar-refractivity contribution in [2.45, 2.75) is 19.4 Å². The van der Waals surface area contributed by atoms with Crippen molar-refractivity contribution in [2.24, 2.45) is 5.84 Å². The van der Waals surface area contributed by atoms with E-state index in [0.717, 1.165) is 5.56 Å². The van der Waals surface area contributed by atoms with E-state index in [1.165, 1.54) is 6.07 Å². The SMILES string of the molecule is C=CCC(NN)c1cc(C)ccc1F. The van der Waals surface area contributed by atoms with Crippen LogP contribution >= 0.6 is 0 Å². The number of benzene rings is 1. The van der Waals surface area contributed by atoms with Gasteiger partial charge in [0.05, 0.1) is 6.04 Å². The summed E-state index contributed by atoms with van der Waals surface area (Å²) in [5.74, 6) is 5.11. The molecule has 3 heteroatoms. The Morgan fingerprint density at radius 3 is 2.93 bits per heavy atom. The second-order valence-corrected chi connectivity index (χ2v) is 3.27. The molecule has 0 saturated carbocycles. The Labute approximate surface area is 83.6 Å². The van der Waals surface area contributed by atoms with Crippen molar-refractivity contribution in [1.29, 1.82) is 0 Å². The van der Waals surface area contributed by atoms with Gasteiger partial charge >= 0.3 is 0 Å². The highest BCUT2D eigenvalue weighted by atomic mass is 19.1. The van der Waals surface area contributed by atoms with Gasteiger partial charge in [-0.2, -0.15) is 0 Å². The molecule has 0 saturated heterocycles. The number of hydrogen-bond donors (Lipinski definition) is 2. The van der Waals surface area contributed by atoms with Crippen molar-refractivity contribution in [3.63, 3.8) is 0 Å². The minimum Gasteiger partial charge on any atom is -0.271 e. The third-order valence-electron chi connectivity index (χ3n) is 2.13. The van der Waals surface area contributed by atoms with Crippen molar-refractivity contribution in [3.8, 4) is 0 Å². The van der Waals surface area contributed by atoms with Gasteiger partial charge in [-0.3, -0.25) is 11.3 Å². The minimum absolute atomic E-state index is 0.201. The maximum atomic E-state index is 13.4. The monoisotopic (exact) mass is 194 g/mol. The average molecular weight is 194 g/mol. The zero-order chi connectivity index (χ0) is 10.6. The van der Waals surface area contributed by atoms with Crippen molar-refractivity contribution < 1.29 is 4.39 Å². The molecular formula is C11H15FN2. The molecule has 1 unspecified atom stereocenters. The molecule has 0 bridgehead atoms. The number of aryl methyl sites for hydroxylation is 1. The van der Waals surface area contributed by atoms with Crippen LogP contribution in [0, 0.1) is 12.7 Å². The van der Waals surface area contributed by atoms with Gasteiger partial charge in [-0.25, -0.2) is 4.39 Å². The summed E-state index contributed by atoms with van der Waals surface area (Å²) in [4.78, 5) is 0. The maximum Gasteiger partial charge on any atom is 0.128 e. The van der Waals surface area contributed by atoms with Crippen LogP contribution in [0.25, 0.3) is 0 Å². The average Bonchev–Trinajstić information content (AvgIpc) is 2.18. The van der Waals surface area contributed by atoms with Crippen molar-refractivity contribution >= 4 is 0 Å². The first-order valence-electron chi connectivity index (χ1n) is 4.52. The number of nitrogens with two attached hydrogens (primary N) is 1. The Hall–Kier alpha value is -1.19. The van der Waals surface area contributed by atoms with Gasteiger partial charge in [0.1, 0.15) is 5.82 Å². The summed E-state index contributed by atoms with van der Waals surface area (Å²) in [6, 6.07) is 4.79. The second kappa shape index (κ2) is 4.88. The van der Waals surface area contributed by atoms with Gasteiger partial charge in [0.2, 0.25) is 0 Å². The van der Waals surface area contributed by atoms with E-state index in [2.05, 4.69) is 12.0 Å². The van der Waals surface area contributed by atoms with Crippen molar-refractivity contribution in [3.05, 3.63) is 47.8 Å². The number of hydrogen-bond acceptors (Lipinski definition) is 2. The fourth-order valence-corrected chi connectivity index (χ4v) is 1.38. The molecule has 0 amide bonds. The van der Waals surface area contributed by atoms with Crippen LogP contribution in [0.1, 0.15) is 23.6 Å². The molecule has 1 rings (SSSR count). The Kier molecular flexibility index (Phi) is 3.80. The topological polar surface area (TPSA) is 38.0 Å². The van der Waals surface area contributed by atoms with E-state index in [4.69, 9.17) is 5.84 Å². The van der Waals surface area contributed by atoms with Crippen LogP contribution in [0.15, 0.2) is 30.9 Å². The smallest absolute Gasteiger partial charge is 0.128 e. The van der Waals surface area contributed by atoms with Gasteiger partial charge in [-0.15, -0.1) is 6.58 Å². The predicted molar refractivity (Wildman–Crippen MR) is 56.0 cm³/mol. The largest absolute Gasteiger partial charge is 0.271 e. The van der Waals surface area contributed by atoms with Gasteiger partial charge in [0.15, 0.2) is 0 Å². The van der Waals surface area contributed by atoms with E-state index >= 15 is 0 Å². The molecule has 0 radical (unpaired) electrons. The molecule has 0 aliphatic heterocycles. The van der Waals surface area contributed by atoms with E-state index in [0.29, 0.717) is 12.0 Å². The Morgan fingerprint density at radius 2 is 2.36 bits per heavy atom. The quantitative estimate of drug-likeness (QED) is 0.438. The van der Waals surface area contributed by atoms with Crippen LogP contribution in [-0.2, 0) is 0 Å². The first-order valence-corrected chi connectivity index (χ1v) is 4.52. The van der Waals surface area contributed by atoms with Crippen LogP contribution in [0.2, 0.25) is 0 Å². The lowest BCUT2D eigenvalue weighted by atomic mass is 10.0. The zero-order valence-electron chi connectivity index (χ0n) is 8.26. The summed E-state index contributed by atoms with van der Waals surface area (Å²) in [7, 11) is 0. The standard InChI is InChI=1S/C11H15FN2/c1-3-4-11(14-13)9-7-8(2)5-6-10(9)12/h3,5-7,11,14H,1,4,13H2,2H3. The summed E-state index contributed by atoms with van der Waals surface area (Å²) in [6.07, 6.45) is 2.32. The molecule has 3 N–H and O–H groups in total. The van der Waals surface area contributed by atoms with Gasteiger partial charge in [-0.05, 0) is 19.4 Å². The first kappa shape index (κ1) is 10.9. The summed E-state index contributed by atoms with van der Waals surface area (Å²) < 4.78 is 13.4. The van der Waals surface area contributed by atoms with Gasteiger partial charge in [0, 0.05) is 5.56 Å². The molecule has 0 spiro atoms. The van der Waals surface area contributed by atoms with Crippen LogP contribution in [0.5, 0.6) is 0 Å². The summed E-state index contributed by atoms with van der Waals surface area (Å²) in [5.41, 5.74) is 4.19. The van der Waals surface area contributed by atoms with Crippen molar-refractivity contribution in [1.82, 2.24) is 5.43 Å². The molecule has 14 heavy (non-hydrogen) atoms. The lowest BCUT2D eigenvalue weighted by Crippen LogP contribution is -2.28. The second-order valence-electron chi connectivity index (χ2n) is 3.27. The van der Waals surface area contributed by atoms with E-state index in [-0.39, 0.29) is 11.9 Å². The third-order valence-corrected chi connectivity index (χ3v) is 2.13. The molecule has 0 aromatic heterocycles. The van der Waals surface area contributed by atoms with Gasteiger partial charge < -0.3 is 0 Å². The summed E-state index contributed by atoms with van der Waals surface area (Å²) in [6.45, 7) is 5.53. The molecule has 1 aromatic rings. The lowest BCUT2D eigenvalue weighted by Gasteiger charge is -2.15. The lowest BCUT2D eigenvalue weighted by molar-refractivity contribution is 0.516. The van der Waals surface area contributed by atoms with E-state index < -0.39 is 0 Å². The first-order chi connectivity index (χ1) is 6.69. The fourth-order valence-electron chi connectivity index (χ4n) is 1.38. The highest BCUT2D eigenvalue weighted by Gasteiger charge is 2.12. The van der Waals surface area contributed by atoms with Crippen LogP contribution in [-0.4, -0.2) is 0 Å². The summed E-state index contributed by atoms with van der Waals surface area (Å²) in [5, 5.41) is 0. The molecule has 0 fully saturated rings. The number of hydrazine groups is 1. The van der Waals surface area contributed by atoms with E-state index in [1.807, 2.05) is 6.92 Å². The molecule has 0 heterocycles. The highest BCUT2D eigenvalue weighted by Crippen LogP contribution is 2.20. The Bertz CT molecular complexity index is 323. The molecular weight excluding hydrogens is 179 g/mol. The van der Waals surface area contributed by atoms with E-state index in [9.17, 15) is 4.39 Å².